The monoisotopic (exact) mass is 271 g/mol. The molecule has 1 atom stereocenters. The Labute approximate surface area is 121 Å². The predicted octanol–water partition coefficient (Wildman–Crippen LogP) is 2.72. The van der Waals surface area contributed by atoms with E-state index in [0.717, 1.165) is 25.0 Å². The summed E-state index contributed by atoms with van der Waals surface area (Å²) < 4.78 is 0. The fraction of sp³-hybridized carbons (Fsp3) is 0.588. The Morgan fingerprint density at radius 1 is 1.30 bits per heavy atom. The number of piperidine rings is 1. The zero-order valence-corrected chi connectivity index (χ0v) is 12.4. The van der Waals surface area contributed by atoms with Crippen molar-refractivity contribution in [3.63, 3.8) is 0 Å². The van der Waals surface area contributed by atoms with Crippen LogP contribution < -0.4 is 5.73 Å². The van der Waals surface area contributed by atoms with Crippen LogP contribution in [0.4, 0.5) is 0 Å². The smallest absolute Gasteiger partial charge is 0.191 e. The minimum Gasteiger partial charge on any atom is -0.370 e. The molecular weight excluding hydrogens is 246 g/mol. The number of rotatable bonds is 2. The van der Waals surface area contributed by atoms with Gasteiger partial charge in [0.05, 0.1) is 6.54 Å². The van der Waals surface area contributed by atoms with Crippen LogP contribution in [-0.4, -0.2) is 23.9 Å². The molecule has 0 bridgehead atoms. The first-order valence-corrected chi connectivity index (χ1v) is 7.88. The minimum absolute atomic E-state index is 0.712. The van der Waals surface area contributed by atoms with Crippen LogP contribution in [0, 0.1) is 5.92 Å². The topological polar surface area (TPSA) is 41.6 Å². The van der Waals surface area contributed by atoms with Crippen molar-refractivity contribution >= 4 is 5.96 Å². The molecule has 0 amide bonds. The van der Waals surface area contributed by atoms with E-state index in [1.165, 1.54) is 48.8 Å². The van der Waals surface area contributed by atoms with Crippen LogP contribution in [0.25, 0.3) is 0 Å². The van der Waals surface area contributed by atoms with Gasteiger partial charge in [-0.2, -0.15) is 0 Å². The number of benzene rings is 1. The predicted molar refractivity (Wildman–Crippen MR) is 83.8 cm³/mol. The third-order valence-electron chi connectivity index (χ3n) is 4.57. The number of guanidine groups is 1. The maximum atomic E-state index is 6.15. The maximum Gasteiger partial charge on any atom is 0.191 e. The van der Waals surface area contributed by atoms with Gasteiger partial charge < -0.3 is 10.6 Å². The molecule has 1 saturated heterocycles. The Hall–Kier alpha value is -1.51. The zero-order valence-electron chi connectivity index (χ0n) is 12.4. The third kappa shape index (κ3) is 2.97. The van der Waals surface area contributed by atoms with Gasteiger partial charge in [0.1, 0.15) is 0 Å². The summed E-state index contributed by atoms with van der Waals surface area (Å²) in [6, 6.07) is 6.80. The Kier molecular flexibility index (Phi) is 3.95. The van der Waals surface area contributed by atoms with Crippen molar-refractivity contribution in [1.29, 1.82) is 0 Å². The van der Waals surface area contributed by atoms with Crippen molar-refractivity contribution in [3.05, 3.63) is 34.9 Å². The molecule has 1 aromatic rings. The molecule has 0 aromatic heterocycles. The van der Waals surface area contributed by atoms with E-state index in [9.17, 15) is 0 Å². The molecule has 1 aromatic carbocycles. The SMILES string of the molecule is CC1CCCN(C(N)=NCc2ccc3c(c2)CCC3)C1. The van der Waals surface area contributed by atoms with Gasteiger partial charge in [0.2, 0.25) is 0 Å². The highest BCUT2D eigenvalue weighted by Gasteiger charge is 2.17. The molecule has 0 saturated carbocycles. The van der Waals surface area contributed by atoms with E-state index in [2.05, 4.69) is 35.0 Å². The van der Waals surface area contributed by atoms with Crippen LogP contribution in [0.1, 0.15) is 42.9 Å². The van der Waals surface area contributed by atoms with Crippen LogP contribution in [0.15, 0.2) is 23.2 Å². The lowest BCUT2D eigenvalue weighted by Crippen LogP contribution is -2.43. The highest BCUT2D eigenvalue weighted by Crippen LogP contribution is 2.23. The summed E-state index contributed by atoms with van der Waals surface area (Å²) in [6.45, 7) is 5.12. The number of nitrogens with two attached hydrogens (primary N) is 1. The summed E-state index contributed by atoms with van der Waals surface area (Å²) in [7, 11) is 0. The van der Waals surface area contributed by atoms with E-state index in [4.69, 9.17) is 5.73 Å². The second kappa shape index (κ2) is 5.86. The number of hydrogen-bond donors (Lipinski definition) is 1. The zero-order chi connectivity index (χ0) is 13.9. The fourth-order valence-electron chi connectivity index (χ4n) is 3.39. The summed E-state index contributed by atoms with van der Waals surface area (Å²) in [5, 5.41) is 0. The van der Waals surface area contributed by atoms with E-state index in [-0.39, 0.29) is 0 Å². The molecule has 3 heteroatoms. The van der Waals surface area contributed by atoms with E-state index < -0.39 is 0 Å². The summed E-state index contributed by atoms with van der Waals surface area (Å²) >= 11 is 0. The fourth-order valence-corrected chi connectivity index (χ4v) is 3.39. The lowest BCUT2D eigenvalue weighted by molar-refractivity contribution is 0.270. The third-order valence-corrected chi connectivity index (χ3v) is 4.57. The van der Waals surface area contributed by atoms with Gasteiger partial charge in [-0.25, -0.2) is 4.99 Å². The first-order valence-electron chi connectivity index (χ1n) is 7.88. The van der Waals surface area contributed by atoms with Gasteiger partial charge >= 0.3 is 0 Å². The largest absolute Gasteiger partial charge is 0.370 e. The van der Waals surface area contributed by atoms with Crippen LogP contribution >= 0.6 is 0 Å². The van der Waals surface area contributed by atoms with Gasteiger partial charge in [-0.15, -0.1) is 0 Å². The van der Waals surface area contributed by atoms with Crippen molar-refractivity contribution in [3.8, 4) is 0 Å². The number of aliphatic imine (C=N–C) groups is 1. The molecule has 3 nitrogen and oxygen atoms in total. The molecule has 2 aliphatic rings. The van der Waals surface area contributed by atoms with Crippen molar-refractivity contribution in [2.24, 2.45) is 16.6 Å². The van der Waals surface area contributed by atoms with E-state index in [0.29, 0.717) is 6.54 Å². The second-order valence-electron chi connectivity index (χ2n) is 6.32. The van der Waals surface area contributed by atoms with Crippen LogP contribution in [-0.2, 0) is 19.4 Å². The van der Waals surface area contributed by atoms with Gasteiger partial charge in [0.25, 0.3) is 0 Å². The van der Waals surface area contributed by atoms with Gasteiger partial charge in [0.15, 0.2) is 5.96 Å². The van der Waals surface area contributed by atoms with Crippen molar-refractivity contribution in [2.45, 2.75) is 45.6 Å². The van der Waals surface area contributed by atoms with E-state index in [1.54, 1.807) is 0 Å². The van der Waals surface area contributed by atoms with E-state index >= 15 is 0 Å². The standard InChI is InChI=1S/C17H25N3/c1-13-4-3-9-20(12-13)17(18)19-11-14-7-8-15-5-2-6-16(15)10-14/h7-8,10,13H,2-6,9,11-12H2,1H3,(H2,18,19). The quantitative estimate of drug-likeness (QED) is 0.664. The summed E-state index contributed by atoms with van der Waals surface area (Å²) in [6.07, 6.45) is 6.32. The van der Waals surface area contributed by atoms with Crippen LogP contribution in [0.2, 0.25) is 0 Å². The molecule has 1 aliphatic carbocycles. The summed E-state index contributed by atoms with van der Waals surface area (Å²) in [5.41, 5.74) is 10.5. The molecule has 0 radical (unpaired) electrons. The number of aryl methyl sites for hydroxylation is 2. The van der Waals surface area contributed by atoms with Gasteiger partial charge in [-0.05, 0) is 54.7 Å². The molecule has 108 valence electrons. The molecule has 1 heterocycles. The Morgan fingerprint density at radius 3 is 3.00 bits per heavy atom. The van der Waals surface area contributed by atoms with Crippen molar-refractivity contribution in [2.75, 3.05) is 13.1 Å². The average molecular weight is 271 g/mol. The van der Waals surface area contributed by atoms with Gasteiger partial charge in [-0.3, -0.25) is 0 Å². The Bertz CT molecular complexity index is 507. The van der Waals surface area contributed by atoms with Gasteiger partial charge in [0, 0.05) is 13.1 Å². The lowest BCUT2D eigenvalue weighted by Gasteiger charge is -2.31. The van der Waals surface area contributed by atoms with Gasteiger partial charge in [-0.1, -0.05) is 25.1 Å². The molecular formula is C17H25N3. The Morgan fingerprint density at radius 2 is 2.15 bits per heavy atom. The maximum absolute atomic E-state index is 6.15. The second-order valence-corrected chi connectivity index (χ2v) is 6.32. The van der Waals surface area contributed by atoms with E-state index in [1.807, 2.05) is 0 Å². The molecule has 1 unspecified atom stereocenters. The lowest BCUT2D eigenvalue weighted by atomic mass is 10.0. The molecule has 0 spiro atoms. The number of nitrogens with zero attached hydrogens (tertiary/aromatic N) is 2. The average Bonchev–Trinajstić information content (AvgIpc) is 2.92. The highest BCUT2D eigenvalue weighted by atomic mass is 15.3. The number of hydrogen-bond acceptors (Lipinski definition) is 1. The minimum atomic E-state index is 0.712. The normalized spacial score (nSPS) is 22.9. The summed E-state index contributed by atoms with van der Waals surface area (Å²) in [4.78, 5) is 6.84. The number of likely N-dealkylation sites (tertiary alicyclic amines) is 1. The molecule has 3 rings (SSSR count). The highest BCUT2D eigenvalue weighted by molar-refractivity contribution is 5.78. The molecule has 1 fully saturated rings. The first-order chi connectivity index (χ1) is 9.72. The summed E-state index contributed by atoms with van der Waals surface area (Å²) in [5.74, 6) is 1.45. The van der Waals surface area contributed by atoms with Crippen LogP contribution in [0.3, 0.4) is 0 Å². The molecule has 1 aliphatic heterocycles. The van der Waals surface area contributed by atoms with Crippen molar-refractivity contribution in [1.82, 2.24) is 4.90 Å². The van der Waals surface area contributed by atoms with Crippen LogP contribution in [0.5, 0.6) is 0 Å². The Balaban J connectivity index is 1.64. The number of fused-ring (bicyclic) bond motifs is 1. The molecule has 2 N–H and O–H groups in total. The van der Waals surface area contributed by atoms with Crippen molar-refractivity contribution < 1.29 is 0 Å². The first kappa shape index (κ1) is 13.5. The molecule has 20 heavy (non-hydrogen) atoms.